The third kappa shape index (κ3) is 4.41. The van der Waals surface area contributed by atoms with Gasteiger partial charge in [0.2, 0.25) is 5.91 Å². The Balaban J connectivity index is 1.53. The standard InChI is InChI=1S/C20H26N2O3/c23-19(22-13-4-3-7-16(22)11-12-20(24)25)10-5-6-15-14-21-18-9-2-1-8-17(15)18/h1-2,8-9,14,16,21H,3-7,10-13H2,(H,24,25)/t16-/m1/s1. The number of aliphatic carboxylic acids is 1. The van der Waals surface area contributed by atoms with Crippen LogP contribution in [0.1, 0.15) is 50.5 Å². The zero-order valence-electron chi connectivity index (χ0n) is 14.5. The second kappa shape index (κ2) is 8.19. The maximum absolute atomic E-state index is 12.6. The van der Waals surface area contributed by atoms with Crippen LogP contribution in [0.15, 0.2) is 30.5 Å². The summed E-state index contributed by atoms with van der Waals surface area (Å²) in [5.41, 5.74) is 2.39. The maximum Gasteiger partial charge on any atom is 0.303 e. The van der Waals surface area contributed by atoms with Crippen LogP contribution < -0.4 is 0 Å². The number of benzene rings is 1. The van der Waals surface area contributed by atoms with Crippen molar-refractivity contribution in [2.75, 3.05) is 6.54 Å². The molecule has 0 aliphatic carbocycles. The molecular weight excluding hydrogens is 316 g/mol. The van der Waals surface area contributed by atoms with E-state index in [1.54, 1.807) is 0 Å². The van der Waals surface area contributed by atoms with Crippen LogP contribution in [0.3, 0.4) is 0 Å². The second-order valence-corrected chi connectivity index (χ2v) is 6.88. The van der Waals surface area contributed by atoms with E-state index in [4.69, 9.17) is 5.11 Å². The summed E-state index contributed by atoms with van der Waals surface area (Å²) >= 11 is 0. The molecule has 1 aliphatic rings. The number of aromatic nitrogens is 1. The van der Waals surface area contributed by atoms with Crippen LogP contribution >= 0.6 is 0 Å². The molecule has 5 heteroatoms. The number of hydrogen-bond acceptors (Lipinski definition) is 2. The summed E-state index contributed by atoms with van der Waals surface area (Å²) in [6.45, 7) is 0.774. The molecule has 0 saturated carbocycles. The summed E-state index contributed by atoms with van der Waals surface area (Å²) in [6.07, 6.45) is 8.02. The fraction of sp³-hybridized carbons (Fsp3) is 0.500. The van der Waals surface area contributed by atoms with E-state index >= 15 is 0 Å². The number of H-pyrrole nitrogens is 1. The molecule has 1 aromatic heterocycles. The summed E-state index contributed by atoms with van der Waals surface area (Å²) in [5, 5.41) is 10.1. The highest BCUT2D eigenvalue weighted by Crippen LogP contribution is 2.23. The van der Waals surface area contributed by atoms with E-state index in [1.165, 1.54) is 10.9 Å². The van der Waals surface area contributed by atoms with Crippen molar-refractivity contribution >= 4 is 22.8 Å². The van der Waals surface area contributed by atoms with Gasteiger partial charge in [-0.2, -0.15) is 0 Å². The number of carbonyl (C=O) groups is 2. The highest BCUT2D eigenvalue weighted by atomic mass is 16.4. The molecule has 1 aromatic carbocycles. The third-order valence-corrected chi connectivity index (χ3v) is 5.15. The van der Waals surface area contributed by atoms with Crippen molar-refractivity contribution in [3.05, 3.63) is 36.0 Å². The van der Waals surface area contributed by atoms with E-state index in [2.05, 4.69) is 17.1 Å². The highest BCUT2D eigenvalue weighted by molar-refractivity contribution is 5.83. The first kappa shape index (κ1) is 17.5. The SMILES string of the molecule is O=C(O)CC[C@H]1CCCCN1C(=O)CCCc1c[nH]c2ccccc12. The van der Waals surface area contributed by atoms with Gasteiger partial charge in [-0.1, -0.05) is 18.2 Å². The van der Waals surface area contributed by atoms with Gasteiger partial charge in [-0.3, -0.25) is 9.59 Å². The smallest absolute Gasteiger partial charge is 0.303 e. The molecule has 3 rings (SSSR count). The molecule has 134 valence electrons. The number of nitrogens with one attached hydrogen (secondary N) is 1. The number of aryl methyl sites for hydroxylation is 1. The number of amides is 1. The minimum atomic E-state index is -0.780. The van der Waals surface area contributed by atoms with Gasteiger partial charge in [-0.25, -0.2) is 0 Å². The molecule has 2 heterocycles. The number of carboxylic acid groups (broad SMARTS) is 1. The predicted molar refractivity (Wildman–Crippen MR) is 97.5 cm³/mol. The van der Waals surface area contributed by atoms with Gasteiger partial charge in [0.05, 0.1) is 0 Å². The summed E-state index contributed by atoms with van der Waals surface area (Å²) in [6, 6.07) is 8.32. The molecule has 5 nitrogen and oxygen atoms in total. The number of carbonyl (C=O) groups excluding carboxylic acids is 1. The van der Waals surface area contributed by atoms with Gasteiger partial charge in [-0.15, -0.1) is 0 Å². The summed E-state index contributed by atoms with van der Waals surface area (Å²) in [7, 11) is 0. The van der Waals surface area contributed by atoms with E-state index in [0.29, 0.717) is 12.8 Å². The zero-order chi connectivity index (χ0) is 17.6. The van der Waals surface area contributed by atoms with Gasteiger partial charge in [-0.05, 0) is 50.2 Å². The largest absolute Gasteiger partial charge is 0.481 e. The summed E-state index contributed by atoms with van der Waals surface area (Å²) in [4.78, 5) is 28.6. The van der Waals surface area contributed by atoms with Gasteiger partial charge < -0.3 is 15.0 Å². The Kier molecular flexibility index (Phi) is 5.74. The van der Waals surface area contributed by atoms with E-state index < -0.39 is 5.97 Å². The number of fused-ring (bicyclic) bond motifs is 1. The number of aromatic amines is 1. The van der Waals surface area contributed by atoms with Gasteiger partial charge >= 0.3 is 5.97 Å². The third-order valence-electron chi connectivity index (χ3n) is 5.15. The molecule has 2 N–H and O–H groups in total. The Morgan fingerprint density at radius 1 is 1.20 bits per heavy atom. The van der Waals surface area contributed by atoms with Crippen LogP contribution in [-0.4, -0.2) is 39.5 Å². The molecule has 1 aliphatic heterocycles. The summed E-state index contributed by atoms with van der Waals surface area (Å²) in [5.74, 6) is -0.604. The zero-order valence-corrected chi connectivity index (χ0v) is 14.5. The fourth-order valence-corrected chi connectivity index (χ4v) is 3.83. The van der Waals surface area contributed by atoms with Crippen molar-refractivity contribution in [2.45, 2.75) is 57.4 Å². The molecule has 25 heavy (non-hydrogen) atoms. The highest BCUT2D eigenvalue weighted by Gasteiger charge is 2.26. The quantitative estimate of drug-likeness (QED) is 0.805. The van der Waals surface area contributed by atoms with Crippen LogP contribution in [0.25, 0.3) is 10.9 Å². The van der Waals surface area contributed by atoms with Crippen molar-refractivity contribution in [1.82, 2.24) is 9.88 Å². The lowest BCUT2D eigenvalue weighted by atomic mass is 9.97. The fourth-order valence-electron chi connectivity index (χ4n) is 3.83. The van der Waals surface area contributed by atoms with Crippen molar-refractivity contribution in [2.24, 2.45) is 0 Å². The number of rotatable bonds is 7. The van der Waals surface area contributed by atoms with Crippen LogP contribution in [-0.2, 0) is 16.0 Å². The van der Waals surface area contributed by atoms with E-state index in [1.807, 2.05) is 23.2 Å². The molecule has 1 fully saturated rings. The number of hydrogen-bond donors (Lipinski definition) is 2. The molecule has 0 unspecified atom stereocenters. The monoisotopic (exact) mass is 342 g/mol. The van der Waals surface area contributed by atoms with Crippen LogP contribution in [0, 0.1) is 0 Å². The lowest BCUT2D eigenvalue weighted by molar-refractivity contribution is -0.140. The molecule has 1 atom stereocenters. The minimum absolute atomic E-state index is 0.102. The Morgan fingerprint density at radius 2 is 2.04 bits per heavy atom. The second-order valence-electron chi connectivity index (χ2n) is 6.88. The predicted octanol–water partition coefficient (Wildman–Crippen LogP) is 3.74. The summed E-state index contributed by atoms with van der Waals surface area (Å²) < 4.78 is 0. The van der Waals surface area contributed by atoms with Crippen molar-refractivity contribution in [1.29, 1.82) is 0 Å². The Morgan fingerprint density at radius 3 is 2.88 bits per heavy atom. The Bertz CT molecular complexity index is 737. The maximum atomic E-state index is 12.6. The molecular formula is C20H26N2O3. The lowest BCUT2D eigenvalue weighted by Crippen LogP contribution is -2.43. The van der Waals surface area contributed by atoms with E-state index in [9.17, 15) is 9.59 Å². The van der Waals surface area contributed by atoms with Gasteiger partial charge in [0.25, 0.3) is 0 Å². The van der Waals surface area contributed by atoms with Gasteiger partial charge in [0.15, 0.2) is 0 Å². The minimum Gasteiger partial charge on any atom is -0.481 e. The normalized spacial score (nSPS) is 17.8. The average molecular weight is 342 g/mol. The number of likely N-dealkylation sites (tertiary alicyclic amines) is 1. The average Bonchev–Trinajstić information content (AvgIpc) is 3.03. The van der Waals surface area contributed by atoms with Gasteiger partial charge in [0, 0.05) is 42.5 Å². The van der Waals surface area contributed by atoms with E-state index in [-0.39, 0.29) is 18.4 Å². The lowest BCUT2D eigenvalue weighted by Gasteiger charge is -2.35. The number of carboxylic acids is 1. The van der Waals surface area contributed by atoms with Crippen LogP contribution in [0.5, 0.6) is 0 Å². The molecule has 0 spiro atoms. The molecule has 2 aromatic rings. The first-order valence-electron chi connectivity index (χ1n) is 9.21. The van der Waals surface area contributed by atoms with E-state index in [0.717, 1.165) is 44.2 Å². The van der Waals surface area contributed by atoms with Crippen molar-refractivity contribution in [3.8, 4) is 0 Å². The Hall–Kier alpha value is -2.30. The molecule has 1 saturated heterocycles. The first-order chi connectivity index (χ1) is 12.1. The number of para-hydroxylation sites is 1. The van der Waals surface area contributed by atoms with Gasteiger partial charge in [0.1, 0.15) is 0 Å². The molecule has 0 bridgehead atoms. The van der Waals surface area contributed by atoms with Crippen molar-refractivity contribution in [3.63, 3.8) is 0 Å². The topological polar surface area (TPSA) is 73.4 Å². The number of nitrogens with zero attached hydrogens (tertiary/aromatic N) is 1. The van der Waals surface area contributed by atoms with Crippen molar-refractivity contribution < 1.29 is 14.7 Å². The molecule has 0 radical (unpaired) electrons. The Labute approximate surface area is 148 Å². The first-order valence-corrected chi connectivity index (χ1v) is 9.21. The van der Waals surface area contributed by atoms with Crippen LogP contribution in [0.4, 0.5) is 0 Å². The van der Waals surface area contributed by atoms with Crippen LogP contribution in [0.2, 0.25) is 0 Å². The molecule has 1 amide bonds. The number of piperidine rings is 1.